The highest BCUT2D eigenvalue weighted by Crippen LogP contribution is 2.19. The van der Waals surface area contributed by atoms with Gasteiger partial charge in [0.25, 0.3) is 6.43 Å². The molecule has 12 heavy (non-hydrogen) atoms. The molecule has 0 amide bonds. The van der Waals surface area contributed by atoms with Gasteiger partial charge in [0.1, 0.15) is 0 Å². The van der Waals surface area contributed by atoms with Crippen LogP contribution in [0.4, 0.5) is 8.78 Å². The lowest BCUT2D eigenvalue weighted by atomic mass is 10.0. The Labute approximate surface area is 70.6 Å². The van der Waals surface area contributed by atoms with Crippen LogP contribution in [0.1, 0.15) is 12.8 Å². The molecule has 0 fully saturated rings. The third-order valence-corrected chi connectivity index (χ3v) is 1.92. The fourth-order valence-electron chi connectivity index (χ4n) is 1.29. The molecule has 1 N–H and O–H groups in total. The summed E-state index contributed by atoms with van der Waals surface area (Å²) in [6.07, 6.45) is 0.631. The lowest BCUT2D eigenvalue weighted by Gasteiger charge is -2.21. The summed E-state index contributed by atoms with van der Waals surface area (Å²) in [5.41, 5.74) is 0.666. The Morgan fingerprint density at radius 2 is 2.33 bits per heavy atom. The first-order valence-corrected chi connectivity index (χ1v) is 4.01. The van der Waals surface area contributed by atoms with Gasteiger partial charge in [-0.3, -0.25) is 0 Å². The van der Waals surface area contributed by atoms with Crippen molar-refractivity contribution in [3.05, 3.63) is 11.8 Å². The van der Waals surface area contributed by atoms with Gasteiger partial charge in [-0.1, -0.05) is 0 Å². The van der Waals surface area contributed by atoms with E-state index in [0.29, 0.717) is 18.6 Å². The van der Waals surface area contributed by atoms with Crippen LogP contribution >= 0.6 is 0 Å². The van der Waals surface area contributed by atoms with Gasteiger partial charge in [0, 0.05) is 0 Å². The van der Waals surface area contributed by atoms with Crippen LogP contribution in [-0.2, 0) is 4.74 Å². The molecule has 2 nitrogen and oxygen atoms in total. The van der Waals surface area contributed by atoms with Crippen molar-refractivity contribution in [3.63, 3.8) is 0 Å². The average molecular weight is 177 g/mol. The fraction of sp³-hybridized carbons (Fsp3) is 0.750. The highest BCUT2D eigenvalue weighted by Gasteiger charge is 2.23. The highest BCUT2D eigenvalue weighted by atomic mass is 19.3. The van der Waals surface area contributed by atoms with Crippen LogP contribution in [0.2, 0.25) is 0 Å². The van der Waals surface area contributed by atoms with E-state index in [2.05, 4.69) is 5.32 Å². The lowest BCUT2D eigenvalue weighted by molar-refractivity contribution is 0.108. The van der Waals surface area contributed by atoms with Gasteiger partial charge in [0.2, 0.25) is 0 Å². The van der Waals surface area contributed by atoms with E-state index >= 15 is 0 Å². The second-order valence-electron chi connectivity index (χ2n) is 2.77. The molecule has 70 valence electrons. The highest BCUT2D eigenvalue weighted by molar-refractivity contribution is 5.10. The van der Waals surface area contributed by atoms with Crippen molar-refractivity contribution in [2.45, 2.75) is 25.3 Å². The summed E-state index contributed by atoms with van der Waals surface area (Å²) in [4.78, 5) is 0. The minimum atomic E-state index is -2.36. The number of nitrogens with one attached hydrogen (secondary N) is 1. The molecular weight excluding hydrogens is 164 g/mol. The maximum atomic E-state index is 12.3. The van der Waals surface area contributed by atoms with Crippen LogP contribution in [-0.4, -0.2) is 26.1 Å². The molecule has 1 heterocycles. The van der Waals surface area contributed by atoms with Crippen molar-refractivity contribution >= 4 is 0 Å². The molecule has 1 atom stereocenters. The predicted molar refractivity (Wildman–Crippen MR) is 42.1 cm³/mol. The van der Waals surface area contributed by atoms with Crippen molar-refractivity contribution in [1.29, 1.82) is 0 Å². The summed E-state index contributed by atoms with van der Waals surface area (Å²) in [5.74, 6) is 0. The summed E-state index contributed by atoms with van der Waals surface area (Å²) in [6.45, 7) is 0.642. The third kappa shape index (κ3) is 2.17. The second kappa shape index (κ2) is 4.40. The summed E-state index contributed by atoms with van der Waals surface area (Å²) < 4.78 is 29.6. The van der Waals surface area contributed by atoms with Crippen molar-refractivity contribution in [3.8, 4) is 0 Å². The van der Waals surface area contributed by atoms with Crippen LogP contribution in [0.3, 0.4) is 0 Å². The van der Waals surface area contributed by atoms with E-state index in [-0.39, 0.29) is 0 Å². The van der Waals surface area contributed by atoms with Gasteiger partial charge in [-0.15, -0.1) is 0 Å². The number of ether oxygens (including phenoxy) is 1. The first kappa shape index (κ1) is 9.45. The molecule has 1 unspecified atom stereocenters. The Morgan fingerprint density at radius 1 is 1.58 bits per heavy atom. The number of alkyl halides is 2. The van der Waals surface area contributed by atoms with Crippen LogP contribution in [0.5, 0.6) is 0 Å². The Balaban J connectivity index is 2.57. The topological polar surface area (TPSA) is 21.3 Å². The molecular formula is C8H13F2NO. The molecule has 1 aliphatic heterocycles. The van der Waals surface area contributed by atoms with Crippen molar-refractivity contribution in [2.24, 2.45) is 0 Å². The summed E-state index contributed by atoms with van der Waals surface area (Å²) >= 11 is 0. The van der Waals surface area contributed by atoms with E-state index < -0.39 is 12.5 Å². The first-order chi connectivity index (χ1) is 5.75. The standard InChI is InChI=1S/C8H13F2NO/c1-11-7(8(9)10)6-3-2-4-12-5-6/h5,7-8,11H,2-4H2,1H3. The predicted octanol–water partition coefficient (Wildman–Crippen LogP) is 1.53. The Bertz CT molecular complexity index is 170. The molecule has 0 radical (unpaired) electrons. The van der Waals surface area contributed by atoms with Gasteiger partial charge in [-0.05, 0) is 25.5 Å². The van der Waals surface area contributed by atoms with Crippen LogP contribution in [0.15, 0.2) is 11.8 Å². The number of hydrogen-bond acceptors (Lipinski definition) is 2. The molecule has 0 bridgehead atoms. The second-order valence-corrected chi connectivity index (χ2v) is 2.77. The van der Waals surface area contributed by atoms with Crippen molar-refractivity contribution in [1.82, 2.24) is 5.32 Å². The van der Waals surface area contributed by atoms with Gasteiger partial charge < -0.3 is 10.1 Å². The van der Waals surface area contributed by atoms with E-state index in [1.807, 2.05) is 0 Å². The molecule has 0 saturated heterocycles. The van der Waals surface area contributed by atoms with E-state index in [0.717, 1.165) is 6.42 Å². The number of hydrogen-bond donors (Lipinski definition) is 1. The summed E-state index contributed by atoms with van der Waals surface area (Å²) in [5, 5.41) is 2.57. The van der Waals surface area contributed by atoms with Gasteiger partial charge in [0.15, 0.2) is 0 Å². The maximum absolute atomic E-state index is 12.3. The number of halogens is 2. The normalized spacial score (nSPS) is 20.2. The molecule has 4 heteroatoms. The SMILES string of the molecule is CNC(C1=COCCC1)C(F)F. The van der Waals surface area contributed by atoms with Gasteiger partial charge in [-0.25, -0.2) is 8.78 Å². The first-order valence-electron chi connectivity index (χ1n) is 4.01. The van der Waals surface area contributed by atoms with E-state index in [4.69, 9.17) is 4.74 Å². The fourth-order valence-corrected chi connectivity index (χ4v) is 1.29. The molecule has 1 aliphatic rings. The lowest BCUT2D eigenvalue weighted by Crippen LogP contribution is -2.35. The minimum Gasteiger partial charge on any atom is -0.501 e. The van der Waals surface area contributed by atoms with Crippen LogP contribution in [0, 0.1) is 0 Å². The minimum absolute atomic E-state index is 0.642. The molecule has 0 aromatic carbocycles. The van der Waals surface area contributed by atoms with E-state index in [9.17, 15) is 8.78 Å². The monoisotopic (exact) mass is 177 g/mol. The molecule has 0 aromatic heterocycles. The number of likely N-dealkylation sites (N-methyl/N-ethyl adjacent to an activating group) is 1. The largest absolute Gasteiger partial charge is 0.501 e. The zero-order chi connectivity index (χ0) is 8.97. The zero-order valence-electron chi connectivity index (χ0n) is 7.02. The van der Waals surface area contributed by atoms with Gasteiger partial charge >= 0.3 is 0 Å². The van der Waals surface area contributed by atoms with E-state index in [1.54, 1.807) is 0 Å². The van der Waals surface area contributed by atoms with Crippen LogP contribution < -0.4 is 5.32 Å². The molecule has 0 spiro atoms. The number of rotatable bonds is 3. The Hall–Kier alpha value is -0.640. The van der Waals surface area contributed by atoms with Gasteiger partial charge in [-0.2, -0.15) is 0 Å². The molecule has 0 saturated carbocycles. The van der Waals surface area contributed by atoms with Crippen molar-refractivity contribution < 1.29 is 13.5 Å². The summed E-state index contributed by atoms with van der Waals surface area (Å²) in [6, 6.07) is -0.842. The Kier molecular flexibility index (Phi) is 3.47. The quantitative estimate of drug-likeness (QED) is 0.706. The Morgan fingerprint density at radius 3 is 2.75 bits per heavy atom. The van der Waals surface area contributed by atoms with E-state index in [1.165, 1.54) is 13.3 Å². The van der Waals surface area contributed by atoms with Gasteiger partial charge in [0.05, 0.1) is 18.9 Å². The van der Waals surface area contributed by atoms with Crippen LogP contribution in [0.25, 0.3) is 0 Å². The third-order valence-electron chi connectivity index (χ3n) is 1.92. The smallest absolute Gasteiger partial charge is 0.257 e. The molecule has 1 rings (SSSR count). The maximum Gasteiger partial charge on any atom is 0.257 e. The zero-order valence-corrected chi connectivity index (χ0v) is 7.02. The van der Waals surface area contributed by atoms with Crippen molar-refractivity contribution in [2.75, 3.05) is 13.7 Å². The average Bonchev–Trinajstić information content (AvgIpc) is 2.07. The molecule has 0 aromatic rings. The molecule has 0 aliphatic carbocycles. The summed E-state index contributed by atoms with van der Waals surface area (Å²) in [7, 11) is 1.53.